The van der Waals surface area contributed by atoms with E-state index < -0.39 is 10.2 Å². The van der Waals surface area contributed by atoms with E-state index in [9.17, 15) is 8.42 Å². The predicted molar refractivity (Wildman–Crippen MR) is 40.6 cm³/mol. The van der Waals surface area contributed by atoms with Crippen LogP contribution in [-0.2, 0) is 10.2 Å². The molecule has 0 atom stereocenters. The van der Waals surface area contributed by atoms with Gasteiger partial charge in [0.1, 0.15) is 0 Å². The summed E-state index contributed by atoms with van der Waals surface area (Å²) in [5, 5.41) is 0. The van der Waals surface area contributed by atoms with Crippen molar-refractivity contribution in [3.63, 3.8) is 0 Å². The van der Waals surface area contributed by atoms with E-state index in [1.807, 2.05) is 0 Å². The maximum Gasteiger partial charge on any atom is 0.281 e. The molecule has 0 saturated carbocycles. The second-order valence-electron chi connectivity index (χ2n) is 2.11. The molecule has 0 amide bonds. The van der Waals surface area contributed by atoms with Gasteiger partial charge in [-0.25, -0.2) is 0 Å². The summed E-state index contributed by atoms with van der Waals surface area (Å²) in [7, 11) is 1.24. The molecule has 0 spiro atoms. The van der Waals surface area contributed by atoms with Gasteiger partial charge in [0.15, 0.2) is 0 Å². The predicted octanol–water partition coefficient (Wildman–Crippen LogP) is -0.441. The standard InChI is InChI=1S/C5H13N2O2S/c1-5-7(4)10(8,9)6(2)3/h1,5H2,2-4H3. The fourth-order valence-electron chi connectivity index (χ4n) is 0.394. The first-order chi connectivity index (χ1) is 4.42. The van der Waals surface area contributed by atoms with Crippen LogP contribution in [-0.4, -0.2) is 44.7 Å². The molecule has 0 aromatic rings. The van der Waals surface area contributed by atoms with Gasteiger partial charge in [-0.3, -0.25) is 0 Å². The molecule has 4 nitrogen and oxygen atoms in total. The summed E-state index contributed by atoms with van der Waals surface area (Å²) in [6, 6.07) is 0. The minimum atomic E-state index is -3.22. The molecule has 0 aliphatic carbocycles. The smallest absolute Gasteiger partial charge is 0.195 e. The average molecular weight is 165 g/mol. The van der Waals surface area contributed by atoms with E-state index in [-0.39, 0.29) is 6.54 Å². The van der Waals surface area contributed by atoms with Crippen LogP contribution >= 0.6 is 0 Å². The lowest BCUT2D eigenvalue weighted by Crippen LogP contribution is -2.37. The van der Waals surface area contributed by atoms with Gasteiger partial charge in [0, 0.05) is 27.7 Å². The van der Waals surface area contributed by atoms with E-state index >= 15 is 0 Å². The third kappa shape index (κ3) is 1.93. The molecule has 61 valence electrons. The Labute approximate surface area is 62.6 Å². The van der Waals surface area contributed by atoms with Crippen molar-refractivity contribution in [1.82, 2.24) is 8.61 Å². The Morgan fingerprint density at radius 1 is 1.30 bits per heavy atom. The van der Waals surface area contributed by atoms with Crippen molar-refractivity contribution in [2.24, 2.45) is 0 Å². The SMILES string of the molecule is [CH2]CN(C)S(=O)(=O)N(C)C. The summed E-state index contributed by atoms with van der Waals surface area (Å²) in [4.78, 5) is 0. The van der Waals surface area contributed by atoms with Gasteiger partial charge in [-0.15, -0.1) is 0 Å². The molecule has 0 aromatic carbocycles. The second kappa shape index (κ2) is 3.32. The third-order valence-electron chi connectivity index (χ3n) is 1.17. The monoisotopic (exact) mass is 165 g/mol. The Bertz CT molecular complexity index is 186. The highest BCUT2D eigenvalue weighted by molar-refractivity contribution is 7.86. The topological polar surface area (TPSA) is 40.6 Å². The van der Waals surface area contributed by atoms with Gasteiger partial charge in [-0.1, -0.05) is 0 Å². The van der Waals surface area contributed by atoms with Gasteiger partial charge < -0.3 is 0 Å². The molecule has 0 saturated heterocycles. The van der Waals surface area contributed by atoms with Gasteiger partial charge in [0.05, 0.1) is 0 Å². The molecule has 1 radical (unpaired) electrons. The number of hydrogen-bond donors (Lipinski definition) is 0. The van der Waals surface area contributed by atoms with Gasteiger partial charge in [0.25, 0.3) is 10.2 Å². The van der Waals surface area contributed by atoms with Gasteiger partial charge in [0.2, 0.25) is 0 Å². The Balaban J connectivity index is 4.42. The largest absolute Gasteiger partial charge is 0.281 e. The molecule has 0 heterocycles. The Morgan fingerprint density at radius 3 is 1.80 bits per heavy atom. The molecule has 0 aliphatic heterocycles. The molecule has 0 aliphatic rings. The van der Waals surface area contributed by atoms with Crippen LogP contribution in [0.1, 0.15) is 0 Å². The first-order valence-corrected chi connectivity index (χ1v) is 4.25. The van der Waals surface area contributed by atoms with Gasteiger partial charge in [-0.05, 0) is 6.92 Å². The summed E-state index contributed by atoms with van der Waals surface area (Å²) in [5.41, 5.74) is 0. The van der Waals surface area contributed by atoms with E-state index in [0.717, 1.165) is 4.31 Å². The summed E-state index contributed by atoms with van der Waals surface area (Å²) < 4.78 is 24.5. The van der Waals surface area contributed by atoms with Crippen LogP contribution in [0.2, 0.25) is 0 Å². The molecule has 0 bridgehead atoms. The molecular formula is C5H13N2O2S. The summed E-state index contributed by atoms with van der Waals surface area (Å²) in [5.74, 6) is 0. The highest BCUT2D eigenvalue weighted by Gasteiger charge is 2.17. The summed E-state index contributed by atoms with van der Waals surface area (Å²) in [6.07, 6.45) is 0. The lowest BCUT2D eigenvalue weighted by Gasteiger charge is -2.19. The minimum Gasteiger partial charge on any atom is -0.195 e. The lowest BCUT2D eigenvalue weighted by molar-refractivity contribution is 0.436. The minimum absolute atomic E-state index is 0.251. The van der Waals surface area contributed by atoms with Crippen molar-refractivity contribution in [2.75, 3.05) is 27.7 Å². The van der Waals surface area contributed by atoms with Crippen LogP contribution in [0, 0.1) is 6.92 Å². The molecule has 0 fully saturated rings. The van der Waals surface area contributed by atoms with Crippen LogP contribution in [0.15, 0.2) is 0 Å². The fraction of sp³-hybridized carbons (Fsp3) is 0.800. The molecule has 10 heavy (non-hydrogen) atoms. The zero-order valence-corrected chi connectivity index (χ0v) is 7.35. The molecule has 0 aromatic heterocycles. The van der Waals surface area contributed by atoms with Crippen molar-refractivity contribution in [2.45, 2.75) is 0 Å². The zero-order valence-electron chi connectivity index (χ0n) is 6.53. The van der Waals surface area contributed by atoms with Gasteiger partial charge in [-0.2, -0.15) is 17.0 Å². The molecular weight excluding hydrogens is 152 g/mol. The normalized spacial score (nSPS) is 13.0. The fourth-order valence-corrected chi connectivity index (χ4v) is 1.18. The average Bonchev–Trinajstić information content (AvgIpc) is 1.86. The Morgan fingerprint density at radius 2 is 1.70 bits per heavy atom. The van der Waals surface area contributed by atoms with E-state index in [2.05, 4.69) is 6.92 Å². The van der Waals surface area contributed by atoms with Crippen LogP contribution < -0.4 is 0 Å². The Kier molecular flexibility index (Phi) is 3.27. The van der Waals surface area contributed by atoms with Crippen molar-refractivity contribution in [3.05, 3.63) is 6.92 Å². The zero-order chi connectivity index (χ0) is 8.36. The van der Waals surface area contributed by atoms with E-state index in [1.165, 1.54) is 25.4 Å². The first-order valence-electron chi connectivity index (χ1n) is 2.86. The second-order valence-corrected chi connectivity index (χ2v) is 4.36. The molecule has 0 rings (SSSR count). The highest BCUT2D eigenvalue weighted by Crippen LogP contribution is 1.98. The van der Waals surface area contributed by atoms with Crippen LogP contribution in [0.4, 0.5) is 0 Å². The maximum absolute atomic E-state index is 11.1. The van der Waals surface area contributed by atoms with Gasteiger partial charge >= 0.3 is 0 Å². The summed E-state index contributed by atoms with van der Waals surface area (Å²) >= 11 is 0. The van der Waals surface area contributed by atoms with E-state index in [1.54, 1.807) is 0 Å². The Hall–Kier alpha value is -0.130. The van der Waals surface area contributed by atoms with E-state index in [4.69, 9.17) is 0 Å². The number of nitrogens with zero attached hydrogens (tertiary/aromatic N) is 2. The third-order valence-corrected chi connectivity index (χ3v) is 3.06. The highest BCUT2D eigenvalue weighted by atomic mass is 32.2. The van der Waals surface area contributed by atoms with Crippen LogP contribution in [0.3, 0.4) is 0 Å². The lowest BCUT2D eigenvalue weighted by atomic mass is 10.8. The molecule has 0 unspecified atom stereocenters. The van der Waals surface area contributed by atoms with Crippen molar-refractivity contribution < 1.29 is 8.42 Å². The molecule has 5 heteroatoms. The van der Waals surface area contributed by atoms with Crippen molar-refractivity contribution >= 4 is 10.2 Å². The van der Waals surface area contributed by atoms with E-state index in [0.29, 0.717) is 0 Å². The molecule has 0 N–H and O–H groups in total. The number of rotatable bonds is 3. The van der Waals surface area contributed by atoms with Crippen molar-refractivity contribution in [1.29, 1.82) is 0 Å². The maximum atomic E-state index is 11.1. The first kappa shape index (κ1) is 9.87. The van der Waals surface area contributed by atoms with Crippen molar-refractivity contribution in [3.8, 4) is 0 Å². The van der Waals surface area contributed by atoms with Crippen LogP contribution in [0.5, 0.6) is 0 Å². The summed E-state index contributed by atoms with van der Waals surface area (Å²) in [6.45, 7) is 3.70. The quantitative estimate of drug-likeness (QED) is 0.569. The van der Waals surface area contributed by atoms with Crippen LogP contribution in [0.25, 0.3) is 0 Å². The number of hydrogen-bond acceptors (Lipinski definition) is 2.